The second kappa shape index (κ2) is 9.40. The SMILES string of the molecule is O=C(NCCN1CCOCC1)c1ccc(C#Cc2ccccc2Cl)cc1. The lowest BCUT2D eigenvalue weighted by Gasteiger charge is -2.26. The van der Waals surface area contributed by atoms with Crippen LogP contribution in [0.3, 0.4) is 0 Å². The minimum Gasteiger partial charge on any atom is -0.379 e. The monoisotopic (exact) mass is 368 g/mol. The Kier molecular flexibility index (Phi) is 6.68. The van der Waals surface area contributed by atoms with Crippen molar-refractivity contribution in [2.75, 3.05) is 39.4 Å². The van der Waals surface area contributed by atoms with Gasteiger partial charge >= 0.3 is 0 Å². The van der Waals surface area contributed by atoms with Crippen molar-refractivity contribution in [3.63, 3.8) is 0 Å². The summed E-state index contributed by atoms with van der Waals surface area (Å²) in [6, 6.07) is 14.8. The molecule has 1 aliphatic rings. The zero-order valence-corrected chi connectivity index (χ0v) is 15.3. The van der Waals surface area contributed by atoms with Crippen LogP contribution in [0, 0.1) is 11.8 Å². The van der Waals surface area contributed by atoms with Crippen LogP contribution in [0.15, 0.2) is 48.5 Å². The number of hydrogen-bond donors (Lipinski definition) is 1. The molecule has 0 saturated carbocycles. The van der Waals surface area contributed by atoms with Crippen LogP contribution in [0.1, 0.15) is 21.5 Å². The van der Waals surface area contributed by atoms with Crippen molar-refractivity contribution in [2.24, 2.45) is 0 Å². The molecule has 1 fully saturated rings. The zero-order chi connectivity index (χ0) is 18.2. The molecule has 0 spiro atoms. The molecule has 5 heteroatoms. The molecular weight excluding hydrogens is 348 g/mol. The number of amides is 1. The van der Waals surface area contributed by atoms with Gasteiger partial charge in [-0.3, -0.25) is 9.69 Å². The van der Waals surface area contributed by atoms with Gasteiger partial charge in [-0.2, -0.15) is 0 Å². The number of nitrogens with zero attached hydrogens (tertiary/aromatic N) is 1. The molecule has 2 aromatic rings. The summed E-state index contributed by atoms with van der Waals surface area (Å²) in [5.41, 5.74) is 2.27. The van der Waals surface area contributed by atoms with Crippen molar-refractivity contribution in [3.05, 3.63) is 70.2 Å². The maximum atomic E-state index is 12.2. The van der Waals surface area contributed by atoms with Gasteiger partial charge in [-0.15, -0.1) is 0 Å². The van der Waals surface area contributed by atoms with Gasteiger partial charge in [0, 0.05) is 42.9 Å². The molecule has 0 unspecified atom stereocenters. The fourth-order valence-corrected chi connectivity index (χ4v) is 2.84. The predicted octanol–water partition coefficient (Wildman–Crippen LogP) is 2.80. The van der Waals surface area contributed by atoms with Crippen molar-refractivity contribution in [1.29, 1.82) is 0 Å². The number of hydrogen-bond acceptors (Lipinski definition) is 3. The molecule has 0 radical (unpaired) electrons. The van der Waals surface area contributed by atoms with E-state index in [1.54, 1.807) is 12.1 Å². The second-order valence-corrected chi connectivity index (χ2v) is 6.42. The number of ether oxygens (including phenoxy) is 1. The van der Waals surface area contributed by atoms with E-state index in [0.29, 0.717) is 17.1 Å². The normalized spacial score (nSPS) is 14.3. The summed E-state index contributed by atoms with van der Waals surface area (Å²) >= 11 is 6.10. The number of carbonyl (C=O) groups excluding carboxylic acids is 1. The summed E-state index contributed by atoms with van der Waals surface area (Å²) in [5, 5.41) is 3.59. The van der Waals surface area contributed by atoms with Crippen LogP contribution in [-0.2, 0) is 4.74 Å². The van der Waals surface area contributed by atoms with Crippen LogP contribution >= 0.6 is 11.6 Å². The molecule has 0 bridgehead atoms. The molecule has 0 aromatic heterocycles. The van der Waals surface area contributed by atoms with E-state index in [2.05, 4.69) is 22.1 Å². The Balaban J connectivity index is 1.52. The van der Waals surface area contributed by atoms with E-state index in [1.165, 1.54) is 0 Å². The van der Waals surface area contributed by atoms with Crippen molar-refractivity contribution in [1.82, 2.24) is 10.2 Å². The van der Waals surface area contributed by atoms with E-state index in [1.807, 2.05) is 36.4 Å². The zero-order valence-electron chi connectivity index (χ0n) is 14.5. The van der Waals surface area contributed by atoms with E-state index >= 15 is 0 Å². The number of carbonyl (C=O) groups is 1. The highest BCUT2D eigenvalue weighted by Crippen LogP contribution is 2.13. The van der Waals surface area contributed by atoms with E-state index in [9.17, 15) is 4.79 Å². The van der Waals surface area contributed by atoms with Gasteiger partial charge in [0.25, 0.3) is 5.91 Å². The van der Waals surface area contributed by atoms with Crippen LogP contribution in [-0.4, -0.2) is 50.2 Å². The number of rotatable bonds is 4. The molecule has 4 nitrogen and oxygen atoms in total. The van der Waals surface area contributed by atoms with Gasteiger partial charge in [0.05, 0.1) is 18.2 Å². The summed E-state index contributed by atoms with van der Waals surface area (Å²) in [4.78, 5) is 14.5. The molecule has 2 aromatic carbocycles. The third kappa shape index (κ3) is 5.34. The first kappa shape index (κ1) is 18.5. The number of benzene rings is 2. The van der Waals surface area contributed by atoms with E-state index < -0.39 is 0 Å². The number of morpholine rings is 1. The standard InChI is InChI=1S/C21H21ClN2O2/c22-20-4-2-1-3-18(20)8-5-17-6-9-19(10-7-17)21(25)23-11-12-24-13-15-26-16-14-24/h1-4,6-7,9-10H,11-16H2,(H,23,25). The molecule has 1 amide bonds. The van der Waals surface area contributed by atoms with Gasteiger partial charge < -0.3 is 10.1 Å². The third-order valence-corrected chi connectivity index (χ3v) is 4.51. The first-order chi connectivity index (χ1) is 12.7. The second-order valence-electron chi connectivity index (χ2n) is 6.02. The average Bonchev–Trinajstić information content (AvgIpc) is 2.68. The van der Waals surface area contributed by atoms with Crippen LogP contribution < -0.4 is 5.32 Å². The van der Waals surface area contributed by atoms with Gasteiger partial charge in [0.1, 0.15) is 0 Å². The van der Waals surface area contributed by atoms with Gasteiger partial charge in [-0.1, -0.05) is 35.6 Å². The highest BCUT2D eigenvalue weighted by atomic mass is 35.5. The highest BCUT2D eigenvalue weighted by Gasteiger charge is 2.10. The first-order valence-electron chi connectivity index (χ1n) is 8.67. The smallest absolute Gasteiger partial charge is 0.251 e. The van der Waals surface area contributed by atoms with Gasteiger partial charge in [0.2, 0.25) is 0 Å². The largest absolute Gasteiger partial charge is 0.379 e. The summed E-state index contributed by atoms with van der Waals surface area (Å²) in [6.45, 7) is 4.86. The molecule has 1 N–H and O–H groups in total. The lowest BCUT2D eigenvalue weighted by Crippen LogP contribution is -2.41. The molecule has 1 aliphatic heterocycles. The maximum Gasteiger partial charge on any atom is 0.251 e. The lowest BCUT2D eigenvalue weighted by molar-refractivity contribution is 0.0383. The fraction of sp³-hybridized carbons (Fsp3) is 0.286. The average molecular weight is 369 g/mol. The minimum absolute atomic E-state index is 0.0659. The number of halogens is 1. The fourth-order valence-electron chi connectivity index (χ4n) is 2.66. The molecule has 1 saturated heterocycles. The molecule has 0 atom stereocenters. The van der Waals surface area contributed by atoms with Crippen LogP contribution in [0.5, 0.6) is 0 Å². The molecule has 26 heavy (non-hydrogen) atoms. The first-order valence-corrected chi connectivity index (χ1v) is 9.05. The molecule has 1 heterocycles. The Morgan fingerprint density at radius 1 is 1.08 bits per heavy atom. The highest BCUT2D eigenvalue weighted by molar-refractivity contribution is 6.31. The van der Waals surface area contributed by atoms with E-state index in [-0.39, 0.29) is 5.91 Å². The van der Waals surface area contributed by atoms with Gasteiger partial charge in [-0.25, -0.2) is 0 Å². The molecule has 0 aliphatic carbocycles. The van der Waals surface area contributed by atoms with Crippen LogP contribution in [0.25, 0.3) is 0 Å². The maximum absolute atomic E-state index is 12.2. The Bertz CT molecular complexity index is 803. The predicted molar refractivity (Wildman–Crippen MR) is 103 cm³/mol. The van der Waals surface area contributed by atoms with Crippen LogP contribution in [0.4, 0.5) is 0 Å². The molecule has 134 valence electrons. The summed E-state index contributed by atoms with van der Waals surface area (Å²) in [7, 11) is 0. The van der Waals surface area contributed by atoms with Gasteiger partial charge in [-0.05, 0) is 36.4 Å². The van der Waals surface area contributed by atoms with Gasteiger partial charge in [0.15, 0.2) is 0 Å². The Hall–Kier alpha value is -2.32. The van der Waals surface area contributed by atoms with Crippen molar-refractivity contribution >= 4 is 17.5 Å². The topological polar surface area (TPSA) is 41.6 Å². The third-order valence-electron chi connectivity index (χ3n) is 4.18. The quantitative estimate of drug-likeness (QED) is 0.844. The molecule has 3 rings (SSSR count). The van der Waals surface area contributed by atoms with E-state index in [4.69, 9.17) is 16.3 Å². The summed E-state index contributed by atoms with van der Waals surface area (Å²) < 4.78 is 5.31. The Morgan fingerprint density at radius 2 is 1.81 bits per heavy atom. The number of nitrogens with one attached hydrogen (secondary N) is 1. The Labute approximate surface area is 159 Å². The van der Waals surface area contributed by atoms with Crippen LogP contribution in [0.2, 0.25) is 5.02 Å². The summed E-state index contributed by atoms with van der Waals surface area (Å²) in [6.07, 6.45) is 0. The summed E-state index contributed by atoms with van der Waals surface area (Å²) in [5.74, 6) is 6.05. The van der Waals surface area contributed by atoms with Crippen molar-refractivity contribution in [3.8, 4) is 11.8 Å². The minimum atomic E-state index is -0.0659. The van der Waals surface area contributed by atoms with Crippen molar-refractivity contribution in [2.45, 2.75) is 0 Å². The van der Waals surface area contributed by atoms with E-state index in [0.717, 1.165) is 44.0 Å². The lowest BCUT2D eigenvalue weighted by atomic mass is 10.1. The van der Waals surface area contributed by atoms with Crippen molar-refractivity contribution < 1.29 is 9.53 Å². The molecular formula is C21H21ClN2O2. The Morgan fingerprint density at radius 3 is 2.54 bits per heavy atom.